The second kappa shape index (κ2) is 9.15. The van der Waals surface area contributed by atoms with Crippen molar-refractivity contribution in [1.29, 1.82) is 0 Å². The molecule has 1 atom stereocenters. The van der Waals surface area contributed by atoms with Crippen LogP contribution in [0.1, 0.15) is 16.7 Å². The Hall–Kier alpha value is -4.31. The number of anilines is 2. The number of nitrogens with zero attached hydrogens (tertiary/aromatic N) is 2. The lowest BCUT2D eigenvalue weighted by Gasteiger charge is -2.22. The summed E-state index contributed by atoms with van der Waals surface area (Å²) in [5.41, 5.74) is 1.96. The number of carbonyl (C=O) groups excluding carboxylic acids is 2. The second-order valence-electron chi connectivity index (χ2n) is 7.93. The van der Waals surface area contributed by atoms with Crippen molar-refractivity contribution in [3.8, 4) is 5.75 Å². The maximum atomic E-state index is 14.7. The van der Waals surface area contributed by atoms with E-state index in [2.05, 4.69) is 15.6 Å². The molecular weight excluding hydrogens is 458 g/mol. The van der Waals surface area contributed by atoms with Gasteiger partial charge in [-0.2, -0.15) is 0 Å². The largest absolute Gasteiger partial charge is 0.465 e. The molecule has 0 aromatic heterocycles. The summed E-state index contributed by atoms with van der Waals surface area (Å²) in [4.78, 5) is 31.9. The highest BCUT2D eigenvalue weighted by molar-refractivity contribution is 6.20. The summed E-state index contributed by atoms with van der Waals surface area (Å²) < 4.78 is 39.4. The molecule has 2 aliphatic heterocycles. The fourth-order valence-electron chi connectivity index (χ4n) is 4.04. The third-order valence-electron chi connectivity index (χ3n) is 5.66. The third kappa shape index (κ3) is 4.31. The van der Waals surface area contributed by atoms with Gasteiger partial charge < -0.3 is 25.0 Å². The number of aliphatic imine (C=N–C) groups is 1. The molecule has 35 heavy (non-hydrogen) atoms. The fraction of sp³-hybridized carbons (Fsp3) is 0.160. The van der Waals surface area contributed by atoms with Crippen molar-refractivity contribution in [2.75, 3.05) is 24.1 Å². The molecule has 0 fully saturated rings. The molecule has 2 N–H and O–H groups in total. The van der Waals surface area contributed by atoms with Gasteiger partial charge in [-0.15, -0.1) is 0 Å². The number of ether oxygens (including phenoxy) is 2. The van der Waals surface area contributed by atoms with Gasteiger partial charge in [0, 0.05) is 29.8 Å². The van der Waals surface area contributed by atoms with Gasteiger partial charge in [-0.3, -0.25) is 4.79 Å². The lowest BCUT2D eigenvalue weighted by molar-refractivity contribution is -0.119. The third-order valence-corrected chi connectivity index (χ3v) is 5.66. The zero-order valence-corrected chi connectivity index (χ0v) is 18.5. The van der Waals surface area contributed by atoms with Crippen molar-refractivity contribution in [2.24, 2.45) is 4.99 Å². The molecule has 178 valence electrons. The number of likely N-dealkylation sites (N-methyl/N-ethyl adjacent to an activating group) is 1. The zero-order valence-electron chi connectivity index (χ0n) is 18.5. The van der Waals surface area contributed by atoms with Crippen LogP contribution in [0.2, 0.25) is 0 Å². The average molecular weight is 478 g/mol. The Labute approximate surface area is 199 Å². The number of amides is 3. The Bertz CT molecular complexity index is 1360. The van der Waals surface area contributed by atoms with E-state index in [9.17, 15) is 18.4 Å². The number of rotatable bonds is 3. The number of halogens is 2. The van der Waals surface area contributed by atoms with Crippen LogP contribution in [0.4, 0.5) is 25.0 Å². The highest BCUT2D eigenvalue weighted by atomic mass is 19.1. The van der Waals surface area contributed by atoms with E-state index in [0.717, 1.165) is 6.07 Å². The van der Waals surface area contributed by atoms with Gasteiger partial charge in [0.2, 0.25) is 6.17 Å². The average Bonchev–Trinajstić information content (AvgIpc) is 2.95. The Morgan fingerprint density at radius 3 is 2.63 bits per heavy atom. The van der Waals surface area contributed by atoms with Crippen molar-refractivity contribution in [3.63, 3.8) is 0 Å². The van der Waals surface area contributed by atoms with Crippen LogP contribution in [-0.4, -0.2) is 37.7 Å². The number of benzodiazepines with no additional fused rings is 1. The van der Waals surface area contributed by atoms with Crippen LogP contribution in [0.25, 0.3) is 0 Å². The van der Waals surface area contributed by atoms with Crippen LogP contribution in [0.5, 0.6) is 5.75 Å². The highest BCUT2D eigenvalue weighted by Crippen LogP contribution is 2.33. The first-order valence-electron chi connectivity index (χ1n) is 10.7. The van der Waals surface area contributed by atoms with Gasteiger partial charge in [0.25, 0.3) is 5.91 Å². The number of para-hydroxylation sites is 1. The fourth-order valence-corrected chi connectivity index (χ4v) is 4.04. The standard InChI is InChI=1S/C25H20F2N4O4/c1-31-20-9-5-3-7-17(20)21(16-6-2-4-8-18(16)27)29-23(24(31)32)30-25(33)28-19-11-15(26)10-14-12-34-13-35-22(14)19/h2-11,23H,12-13H2,1H3,(H2,28,30,33). The molecule has 0 saturated carbocycles. The minimum Gasteiger partial charge on any atom is -0.465 e. The number of fused-ring (bicyclic) bond motifs is 2. The van der Waals surface area contributed by atoms with E-state index in [0.29, 0.717) is 16.8 Å². The molecule has 1 unspecified atom stereocenters. The molecule has 2 aliphatic rings. The molecule has 10 heteroatoms. The first-order chi connectivity index (χ1) is 16.9. The number of hydrogen-bond donors (Lipinski definition) is 2. The van der Waals surface area contributed by atoms with E-state index in [1.54, 1.807) is 49.5 Å². The summed E-state index contributed by atoms with van der Waals surface area (Å²) in [6, 6.07) is 14.5. The number of hydrogen-bond acceptors (Lipinski definition) is 5. The number of urea groups is 1. The summed E-state index contributed by atoms with van der Waals surface area (Å²) in [6.07, 6.45) is -1.38. The second-order valence-corrected chi connectivity index (χ2v) is 7.93. The molecule has 0 radical (unpaired) electrons. The summed E-state index contributed by atoms with van der Waals surface area (Å²) in [5.74, 6) is -1.37. The van der Waals surface area contributed by atoms with Crippen LogP contribution < -0.4 is 20.3 Å². The molecule has 8 nitrogen and oxygen atoms in total. The van der Waals surface area contributed by atoms with Crippen LogP contribution in [0, 0.1) is 11.6 Å². The molecule has 5 rings (SSSR count). The highest BCUT2D eigenvalue weighted by Gasteiger charge is 2.32. The van der Waals surface area contributed by atoms with Gasteiger partial charge in [0.15, 0.2) is 12.5 Å². The Morgan fingerprint density at radius 1 is 1.09 bits per heavy atom. The van der Waals surface area contributed by atoms with E-state index in [1.165, 1.54) is 17.0 Å². The van der Waals surface area contributed by atoms with Crippen molar-refractivity contribution < 1.29 is 27.8 Å². The summed E-state index contributed by atoms with van der Waals surface area (Å²) >= 11 is 0. The lowest BCUT2D eigenvalue weighted by atomic mass is 10.00. The van der Waals surface area contributed by atoms with Crippen LogP contribution >= 0.6 is 0 Å². The predicted octanol–water partition coefficient (Wildman–Crippen LogP) is 3.79. The van der Waals surface area contributed by atoms with Crippen molar-refractivity contribution >= 4 is 29.0 Å². The first-order valence-corrected chi connectivity index (χ1v) is 10.7. The minimum absolute atomic E-state index is 0.0462. The summed E-state index contributed by atoms with van der Waals surface area (Å²) in [6.45, 7) is 0.0826. The van der Waals surface area contributed by atoms with Gasteiger partial charge >= 0.3 is 6.03 Å². The molecule has 2 heterocycles. The lowest BCUT2D eigenvalue weighted by Crippen LogP contribution is -2.47. The van der Waals surface area contributed by atoms with E-state index in [4.69, 9.17) is 9.47 Å². The van der Waals surface area contributed by atoms with Gasteiger partial charge in [0.05, 0.1) is 23.7 Å². The monoisotopic (exact) mass is 478 g/mol. The normalized spacial score (nSPS) is 16.9. The molecule has 0 saturated heterocycles. The van der Waals surface area contributed by atoms with Crippen LogP contribution in [0.3, 0.4) is 0 Å². The number of carbonyl (C=O) groups is 2. The molecule has 3 aromatic rings. The van der Waals surface area contributed by atoms with Crippen LogP contribution in [-0.2, 0) is 16.1 Å². The van der Waals surface area contributed by atoms with Gasteiger partial charge in [-0.1, -0.05) is 30.3 Å². The number of nitrogens with one attached hydrogen (secondary N) is 2. The topological polar surface area (TPSA) is 92.3 Å². The molecular formula is C25H20F2N4O4. The van der Waals surface area contributed by atoms with E-state index >= 15 is 0 Å². The molecule has 3 amide bonds. The number of benzene rings is 3. The molecule has 0 spiro atoms. The molecule has 0 bridgehead atoms. The zero-order chi connectivity index (χ0) is 24.5. The summed E-state index contributed by atoms with van der Waals surface area (Å²) in [7, 11) is 1.55. The predicted molar refractivity (Wildman–Crippen MR) is 125 cm³/mol. The SMILES string of the molecule is CN1C(=O)C(NC(=O)Nc2cc(F)cc3c2OCOC3)N=C(c2ccccc2F)c2ccccc21. The van der Waals surface area contributed by atoms with Crippen molar-refractivity contribution in [2.45, 2.75) is 12.8 Å². The van der Waals surface area contributed by atoms with Gasteiger partial charge in [0.1, 0.15) is 11.6 Å². The maximum Gasteiger partial charge on any atom is 0.321 e. The van der Waals surface area contributed by atoms with Crippen LogP contribution in [0.15, 0.2) is 65.7 Å². The summed E-state index contributed by atoms with van der Waals surface area (Å²) in [5, 5.41) is 5.02. The van der Waals surface area contributed by atoms with Gasteiger partial charge in [-0.25, -0.2) is 18.6 Å². The Kier molecular flexibility index (Phi) is 5.87. The van der Waals surface area contributed by atoms with E-state index in [-0.39, 0.29) is 36.1 Å². The Balaban J connectivity index is 1.49. The van der Waals surface area contributed by atoms with E-state index in [1.807, 2.05) is 0 Å². The van der Waals surface area contributed by atoms with E-state index < -0.39 is 29.7 Å². The first kappa shape index (κ1) is 22.5. The quantitative estimate of drug-likeness (QED) is 0.599. The Morgan fingerprint density at radius 2 is 1.83 bits per heavy atom. The van der Waals surface area contributed by atoms with Crippen molar-refractivity contribution in [3.05, 3.63) is 89.0 Å². The smallest absolute Gasteiger partial charge is 0.321 e. The van der Waals surface area contributed by atoms with Gasteiger partial charge in [-0.05, 0) is 24.3 Å². The molecule has 3 aromatic carbocycles. The molecule has 0 aliphatic carbocycles. The van der Waals surface area contributed by atoms with Crippen molar-refractivity contribution in [1.82, 2.24) is 5.32 Å². The maximum absolute atomic E-state index is 14.7. The minimum atomic E-state index is -1.38.